The fourth-order valence-electron chi connectivity index (χ4n) is 2.06. The Morgan fingerprint density at radius 2 is 1.80 bits per heavy atom. The fourth-order valence-corrected chi connectivity index (χ4v) is 3.63. The van der Waals surface area contributed by atoms with E-state index in [4.69, 9.17) is 0 Å². The average molecular weight is 224 g/mol. The van der Waals surface area contributed by atoms with E-state index >= 15 is 0 Å². The highest BCUT2D eigenvalue weighted by Crippen LogP contribution is 2.26. The van der Waals surface area contributed by atoms with Gasteiger partial charge < -0.3 is 5.11 Å². The molecule has 0 unspecified atom stereocenters. The summed E-state index contributed by atoms with van der Waals surface area (Å²) < 4.78 is 12.2. The first-order valence-corrected chi connectivity index (χ1v) is 6.64. The van der Waals surface area contributed by atoms with Crippen LogP contribution in [0.1, 0.15) is 25.7 Å². The Balaban J connectivity index is 2.13. The van der Waals surface area contributed by atoms with Crippen molar-refractivity contribution in [2.24, 2.45) is 0 Å². The summed E-state index contributed by atoms with van der Waals surface area (Å²) in [5, 5.41) is 9.74. The van der Waals surface area contributed by atoms with E-state index in [0.717, 1.165) is 30.6 Å². The largest absolute Gasteiger partial charge is 0.392 e. The Morgan fingerprint density at radius 1 is 1.13 bits per heavy atom. The molecular weight excluding hydrogens is 208 g/mol. The lowest BCUT2D eigenvalue weighted by atomic mass is 9.97. The SMILES string of the molecule is O=[S@](c1ccccc1)[C@H]1CCCC[C@@H]1O. The molecule has 3 heteroatoms. The van der Waals surface area contributed by atoms with Gasteiger partial charge in [0, 0.05) is 4.90 Å². The van der Waals surface area contributed by atoms with Crippen molar-refractivity contribution in [3.63, 3.8) is 0 Å². The van der Waals surface area contributed by atoms with E-state index in [1.165, 1.54) is 0 Å². The summed E-state index contributed by atoms with van der Waals surface area (Å²) >= 11 is 0. The lowest BCUT2D eigenvalue weighted by Gasteiger charge is -2.26. The molecule has 0 radical (unpaired) electrons. The van der Waals surface area contributed by atoms with Crippen molar-refractivity contribution in [3.8, 4) is 0 Å². The lowest BCUT2D eigenvalue weighted by Crippen LogP contribution is -2.33. The van der Waals surface area contributed by atoms with Crippen molar-refractivity contribution < 1.29 is 9.32 Å². The number of aliphatic hydroxyl groups is 1. The molecule has 1 N–H and O–H groups in total. The third-order valence-corrected chi connectivity index (χ3v) is 4.75. The zero-order chi connectivity index (χ0) is 10.7. The van der Waals surface area contributed by atoms with Crippen LogP contribution in [-0.2, 0) is 10.8 Å². The van der Waals surface area contributed by atoms with Gasteiger partial charge in [-0.25, -0.2) is 0 Å². The maximum Gasteiger partial charge on any atom is 0.0687 e. The summed E-state index contributed by atoms with van der Waals surface area (Å²) in [6, 6.07) is 9.44. The van der Waals surface area contributed by atoms with Gasteiger partial charge >= 0.3 is 0 Å². The monoisotopic (exact) mass is 224 g/mol. The maximum atomic E-state index is 12.2. The Hall–Kier alpha value is -0.670. The number of aliphatic hydroxyl groups excluding tert-OH is 1. The van der Waals surface area contributed by atoms with Gasteiger partial charge in [-0.3, -0.25) is 4.21 Å². The molecule has 1 fully saturated rings. The van der Waals surface area contributed by atoms with E-state index in [-0.39, 0.29) is 11.4 Å². The molecule has 82 valence electrons. The van der Waals surface area contributed by atoms with E-state index in [1.54, 1.807) is 0 Å². The maximum absolute atomic E-state index is 12.2. The number of hydrogen-bond acceptors (Lipinski definition) is 2. The molecule has 1 saturated carbocycles. The van der Waals surface area contributed by atoms with Gasteiger partial charge in [0.15, 0.2) is 0 Å². The highest BCUT2D eigenvalue weighted by atomic mass is 32.2. The van der Waals surface area contributed by atoms with Gasteiger partial charge in [-0.2, -0.15) is 0 Å². The van der Waals surface area contributed by atoms with Gasteiger partial charge in [-0.1, -0.05) is 31.0 Å². The van der Waals surface area contributed by atoms with Crippen LogP contribution in [0.3, 0.4) is 0 Å². The molecular formula is C12H16O2S. The third kappa shape index (κ3) is 2.47. The summed E-state index contributed by atoms with van der Waals surface area (Å²) in [7, 11) is -1.05. The van der Waals surface area contributed by atoms with Crippen molar-refractivity contribution in [2.75, 3.05) is 0 Å². The van der Waals surface area contributed by atoms with Gasteiger partial charge in [0.1, 0.15) is 0 Å². The molecule has 0 saturated heterocycles. The van der Waals surface area contributed by atoms with Crippen LogP contribution in [0.25, 0.3) is 0 Å². The Kier molecular flexibility index (Phi) is 3.54. The lowest BCUT2D eigenvalue weighted by molar-refractivity contribution is 0.135. The van der Waals surface area contributed by atoms with Crippen LogP contribution in [0, 0.1) is 0 Å². The topological polar surface area (TPSA) is 37.3 Å². The van der Waals surface area contributed by atoms with Crippen LogP contribution < -0.4 is 0 Å². The first-order chi connectivity index (χ1) is 7.29. The number of benzene rings is 1. The minimum absolute atomic E-state index is 0.0684. The van der Waals surface area contributed by atoms with Gasteiger partial charge in [0.05, 0.1) is 22.2 Å². The van der Waals surface area contributed by atoms with Gasteiger partial charge in [-0.05, 0) is 25.0 Å². The second kappa shape index (κ2) is 4.90. The molecule has 0 amide bonds. The molecule has 3 atom stereocenters. The number of rotatable bonds is 2. The van der Waals surface area contributed by atoms with Gasteiger partial charge in [-0.15, -0.1) is 0 Å². The first kappa shape index (κ1) is 10.8. The molecule has 2 nitrogen and oxygen atoms in total. The molecule has 2 rings (SSSR count). The zero-order valence-corrected chi connectivity index (χ0v) is 9.45. The quantitative estimate of drug-likeness (QED) is 0.835. The fraction of sp³-hybridized carbons (Fsp3) is 0.500. The van der Waals surface area contributed by atoms with Crippen LogP contribution in [0.2, 0.25) is 0 Å². The van der Waals surface area contributed by atoms with E-state index in [9.17, 15) is 9.32 Å². The van der Waals surface area contributed by atoms with E-state index < -0.39 is 10.8 Å². The molecule has 1 aliphatic carbocycles. The van der Waals surface area contributed by atoms with Crippen LogP contribution >= 0.6 is 0 Å². The number of hydrogen-bond donors (Lipinski definition) is 1. The molecule has 1 aromatic carbocycles. The first-order valence-electron chi connectivity index (χ1n) is 5.43. The van der Waals surface area contributed by atoms with Crippen molar-refractivity contribution in [2.45, 2.75) is 41.9 Å². The van der Waals surface area contributed by atoms with Crippen molar-refractivity contribution >= 4 is 10.8 Å². The molecule has 1 aromatic rings. The normalized spacial score (nSPS) is 28.6. The van der Waals surface area contributed by atoms with Crippen LogP contribution in [0.4, 0.5) is 0 Å². The minimum Gasteiger partial charge on any atom is -0.392 e. The van der Waals surface area contributed by atoms with Gasteiger partial charge in [0.25, 0.3) is 0 Å². The minimum atomic E-state index is -1.05. The van der Waals surface area contributed by atoms with E-state index in [0.29, 0.717) is 0 Å². The van der Waals surface area contributed by atoms with Crippen LogP contribution in [0.5, 0.6) is 0 Å². The molecule has 0 spiro atoms. The molecule has 15 heavy (non-hydrogen) atoms. The van der Waals surface area contributed by atoms with Gasteiger partial charge in [0.2, 0.25) is 0 Å². The molecule has 1 aliphatic rings. The predicted octanol–water partition coefficient (Wildman–Crippen LogP) is 2.10. The molecule has 0 bridgehead atoms. The molecule has 0 heterocycles. The highest BCUT2D eigenvalue weighted by Gasteiger charge is 2.28. The smallest absolute Gasteiger partial charge is 0.0687 e. The second-order valence-corrected chi connectivity index (χ2v) is 5.67. The molecule has 0 aliphatic heterocycles. The van der Waals surface area contributed by atoms with E-state index in [1.807, 2.05) is 30.3 Å². The summed E-state index contributed by atoms with van der Waals surface area (Å²) in [6.07, 6.45) is 3.43. The summed E-state index contributed by atoms with van der Waals surface area (Å²) in [5.74, 6) is 0. The summed E-state index contributed by atoms with van der Waals surface area (Å²) in [4.78, 5) is 0.837. The molecule has 0 aromatic heterocycles. The van der Waals surface area contributed by atoms with Crippen LogP contribution in [0.15, 0.2) is 35.2 Å². The van der Waals surface area contributed by atoms with Crippen molar-refractivity contribution in [1.29, 1.82) is 0 Å². The second-order valence-electron chi connectivity index (χ2n) is 4.00. The summed E-state index contributed by atoms with van der Waals surface area (Å²) in [5.41, 5.74) is 0. The summed E-state index contributed by atoms with van der Waals surface area (Å²) in [6.45, 7) is 0. The highest BCUT2D eigenvalue weighted by molar-refractivity contribution is 7.85. The Morgan fingerprint density at radius 3 is 2.47 bits per heavy atom. The van der Waals surface area contributed by atoms with E-state index in [2.05, 4.69) is 0 Å². The Bertz CT molecular complexity index is 337. The average Bonchev–Trinajstić information content (AvgIpc) is 2.30. The standard InChI is InChI=1S/C12H16O2S/c13-11-8-4-5-9-12(11)15(14)10-6-2-1-3-7-10/h1-3,6-7,11-13H,4-5,8-9H2/t11-,12-,15+/m0/s1. The van der Waals surface area contributed by atoms with Crippen molar-refractivity contribution in [1.82, 2.24) is 0 Å². The predicted molar refractivity (Wildman–Crippen MR) is 61.1 cm³/mol. The third-order valence-electron chi connectivity index (χ3n) is 2.92. The van der Waals surface area contributed by atoms with Crippen molar-refractivity contribution in [3.05, 3.63) is 30.3 Å². The Labute approximate surface area is 92.8 Å². The van der Waals surface area contributed by atoms with Crippen LogP contribution in [-0.4, -0.2) is 20.7 Å². The zero-order valence-electron chi connectivity index (χ0n) is 8.63.